The highest BCUT2D eigenvalue weighted by Crippen LogP contribution is 2.40. The van der Waals surface area contributed by atoms with Gasteiger partial charge in [0.15, 0.2) is 0 Å². The van der Waals surface area contributed by atoms with Gasteiger partial charge in [-0.05, 0) is 42.2 Å². The molecule has 32 heavy (non-hydrogen) atoms. The van der Waals surface area contributed by atoms with Gasteiger partial charge in [0.05, 0.1) is 23.5 Å². The molecule has 3 aromatic carbocycles. The molecule has 0 bridgehead atoms. The SMILES string of the molecule is O=C(NC1(c2ccccc2)CCCC1)c1ccc2c(c1)N(Cc1ccccc1)C(=O)CS2. The van der Waals surface area contributed by atoms with E-state index in [1.165, 1.54) is 17.3 Å². The molecule has 0 aromatic heterocycles. The van der Waals surface area contributed by atoms with Gasteiger partial charge in [0.2, 0.25) is 5.91 Å². The van der Waals surface area contributed by atoms with Crippen LogP contribution in [0.25, 0.3) is 0 Å². The fraction of sp³-hybridized carbons (Fsp3) is 0.259. The number of thioether (sulfide) groups is 1. The number of fused-ring (bicyclic) bond motifs is 1. The lowest BCUT2D eigenvalue weighted by atomic mass is 9.88. The van der Waals surface area contributed by atoms with Crippen LogP contribution < -0.4 is 10.2 Å². The van der Waals surface area contributed by atoms with Crippen molar-refractivity contribution in [3.05, 3.63) is 95.6 Å². The van der Waals surface area contributed by atoms with Crippen molar-refractivity contribution in [1.82, 2.24) is 5.32 Å². The third-order valence-corrected chi connectivity index (χ3v) is 7.53. The molecule has 5 heteroatoms. The first-order valence-corrected chi connectivity index (χ1v) is 12.1. The Morgan fingerprint density at radius 3 is 2.34 bits per heavy atom. The van der Waals surface area contributed by atoms with Crippen molar-refractivity contribution < 1.29 is 9.59 Å². The van der Waals surface area contributed by atoms with Crippen LogP contribution in [0, 0.1) is 0 Å². The van der Waals surface area contributed by atoms with Gasteiger partial charge in [-0.2, -0.15) is 0 Å². The minimum Gasteiger partial charge on any atom is -0.343 e. The summed E-state index contributed by atoms with van der Waals surface area (Å²) in [6.07, 6.45) is 4.11. The summed E-state index contributed by atoms with van der Waals surface area (Å²) < 4.78 is 0. The van der Waals surface area contributed by atoms with E-state index in [1.807, 2.05) is 66.7 Å². The average molecular weight is 443 g/mol. The van der Waals surface area contributed by atoms with Crippen molar-refractivity contribution in [2.24, 2.45) is 0 Å². The molecule has 1 aliphatic carbocycles. The molecule has 0 spiro atoms. The third kappa shape index (κ3) is 4.05. The van der Waals surface area contributed by atoms with Crippen LogP contribution in [0.15, 0.2) is 83.8 Å². The van der Waals surface area contributed by atoms with Gasteiger partial charge in [-0.3, -0.25) is 9.59 Å². The molecule has 1 saturated carbocycles. The van der Waals surface area contributed by atoms with Gasteiger partial charge in [-0.25, -0.2) is 0 Å². The number of amides is 2. The van der Waals surface area contributed by atoms with E-state index in [0.29, 0.717) is 17.9 Å². The summed E-state index contributed by atoms with van der Waals surface area (Å²) in [6.45, 7) is 0.506. The minimum atomic E-state index is -0.317. The maximum atomic E-state index is 13.4. The summed E-state index contributed by atoms with van der Waals surface area (Å²) >= 11 is 1.54. The van der Waals surface area contributed by atoms with Crippen molar-refractivity contribution >= 4 is 29.3 Å². The van der Waals surface area contributed by atoms with Gasteiger partial charge in [0.1, 0.15) is 0 Å². The van der Waals surface area contributed by atoms with E-state index in [9.17, 15) is 9.59 Å². The van der Waals surface area contributed by atoms with Crippen LogP contribution in [-0.2, 0) is 16.9 Å². The van der Waals surface area contributed by atoms with Crippen LogP contribution in [0.1, 0.15) is 47.2 Å². The van der Waals surface area contributed by atoms with Crippen molar-refractivity contribution in [3.63, 3.8) is 0 Å². The Balaban J connectivity index is 1.44. The number of hydrogen-bond acceptors (Lipinski definition) is 3. The molecule has 0 unspecified atom stereocenters. The highest BCUT2D eigenvalue weighted by molar-refractivity contribution is 8.00. The minimum absolute atomic E-state index is 0.0699. The van der Waals surface area contributed by atoms with E-state index in [1.54, 1.807) is 4.90 Å². The number of anilines is 1. The summed E-state index contributed by atoms with van der Waals surface area (Å²) in [5.74, 6) is 0.407. The monoisotopic (exact) mass is 442 g/mol. The van der Waals surface area contributed by atoms with E-state index in [2.05, 4.69) is 17.4 Å². The zero-order chi connectivity index (χ0) is 22.0. The summed E-state index contributed by atoms with van der Waals surface area (Å²) in [5.41, 5.74) is 3.34. The van der Waals surface area contributed by atoms with Crippen molar-refractivity contribution in [2.75, 3.05) is 10.7 Å². The van der Waals surface area contributed by atoms with Crippen LogP contribution in [0.3, 0.4) is 0 Å². The van der Waals surface area contributed by atoms with E-state index >= 15 is 0 Å². The van der Waals surface area contributed by atoms with Crippen LogP contribution >= 0.6 is 11.8 Å². The highest BCUT2D eigenvalue weighted by Gasteiger charge is 2.37. The Labute approximate surface area is 193 Å². The number of benzene rings is 3. The van der Waals surface area contributed by atoms with Crippen LogP contribution in [0.2, 0.25) is 0 Å². The molecule has 4 nitrogen and oxygen atoms in total. The standard InChI is InChI=1S/C27H26N2O2S/c30-25-19-32-24-14-13-21(17-23(24)29(25)18-20-9-3-1-4-10-20)26(31)28-27(15-7-8-16-27)22-11-5-2-6-12-22/h1-6,9-14,17H,7-8,15-16,18-19H2,(H,28,31). The number of carbonyl (C=O) groups is 2. The van der Waals surface area contributed by atoms with Gasteiger partial charge in [-0.15, -0.1) is 11.8 Å². The fourth-order valence-electron chi connectivity index (χ4n) is 4.79. The first kappa shape index (κ1) is 20.8. The van der Waals surface area contributed by atoms with Crippen LogP contribution in [0.5, 0.6) is 0 Å². The molecule has 3 aromatic rings. The predicted octanol–water partition coefficient (Wildman–Crippen LogP) is 5.52. The van der Waals surface area contributed by atoms with Gasteiger partial charge >= 0.3 is 0 Å². The molecule has 1 N–H and O–H groups in total. The zero-order valence-corrected chi connectivity index (χ0v) is 18.7. The van der Waals surface area contributed by atoms with Crippen LogP contribution in [0.4, 0.5) is 5.69 Å². The molecule has 1 fully saturated rings. The number of carbonyl (C=O) groups excluding carboxylic acids is 2. The van der Waals surface area contributed by atoms with Gasteiger partial charge in [-0.1, -0.05) is 73.5 Å². The van der Waals surface area contributed by atoms with Gasteiger partial charge < -0.3 is 10.2 Å². The normalized spacial score (nSPS) is 17.1. The quantitative estimate of drug-likeness (QED) is 0.566. The van der Waals surface area contributed by atoms with Crippen LogP contribution in [-0.4, -0.2) is 17.6 Å². The van der Waals surface area contributed by atoms with E-state index in [4.69, 9.17) is 0 Å². The number of nitrogens with one attached hydrogen (secondary N) is 1. The molecular weight excluding hydrogens is 416 g/mol. The Morgan fingerprint density at radius 2 is 1.62 bits per heavy atom. The molecule has 1 heterocycles. The largest absolute Gasteiger partial charge is 0.343 e. The Bertz CT molecular complexity index is 1120. The zero-order valence-electron chi connectivity index (χ0n) is 17.9. The van der Waals surface area contributed by atoms with Crippen molar-refractivity contribution in [3.8, 4) is 0 Å². The van der Waals surface area contributed by atoms with Crippen molar-refractivity contribution in [2.45, 2.75) is 42.7 Å². The topological polar surface area (TPSA) is 49.4 Å². The van der Waals surface area contributed by atoms with E-state index in [0.717, 1.165) is 41.8 Å². The second kappa shape index (κ2) is 8.83. The van der Waals surface area contributed by atoms with E-state index in [-0.39, 0.29) is 17.4 Å². The fourth-order valence-corrected chi connectivity index (χ4v) is 5.71. The first-order valence-electron chi connectivity index (χ1n) is 11.1. The van der Waals surface area contributed by atoms with Crippen molar-refractivity contribution in [1.29, 1.82) is 0 Å². The number of hydrogen-bond donors (Lipinski definition) is 1. The molecule has 1 aliphatic heterocycles. The Hall–Kier alpha value is -3.05. The summed E-state index contributed by atoms with van der Waals surface area (Å²) in [7, 11) is 0. The smallest absolute Gasteiger partial charge is 0.252 e. The first-order chi connectivity index (χ1) is 15.6. The lowest BCUT2D eigenvalue weighted by molar-refractivity contribution is -0.116. The maximum Gasteiger partial charge on any atom is 0.252 e. The summed E-state index contributed by atoms with van der Waals surface area (Å²) in [6, 6.07) is 26.0. The molecule has 162 valence electrons. The molecule has 2 amide bonds. The molecular formula is C27H26N2O2S. The predicted molar refractivity (Wildman–Crippen MR) is 129 cm³/mol. The Kier molecular flexibility index (Phi) is 5.75. The highest BCUT2D eigenvalue weighted by atomic mass is 32.2. The van der Waals surface area contributed by atoms with Gasteiger partial charge in [0, 0.05) is 10.5 Å². The molecule has 0 atom stereocenters. The average Bonchev–Trinajstić information content (AvgIpc) is 3.31. The third-order valence-electron chi connectivity index (χ3n) is 6.48. The lowest BCUT2D eigenvalue weighted by Crippen LogP contribution is -2.44. The Morgan fingerprint density at radius 1 is 0.938 bits per heavy atom. The van der Waals surface area contributed by atoms with E-state index < -0.39 is 0 Å². The second-order valence-corrected chi connectivity index (χ2v) is 9.56. The number of nitrogens with zero attached hydrogens (tertiary/aromatic N) is 1. The second-order valence-electron chi connectivity index (χ2n) is 8.55. The molecule has 5 rings (SSSR count). The molecule has 2 aliphatic rings. The maximum absolute atomic E-state index is 13.4. The number of rotatable bonds is 5. The lowest BCUT2D eigenvalue weighted by Gasteiger charge is -2.32. The summed E-state index contributed by atoms with van der Waals surface area (Å²) in [4.78, 5) is 29.0. The molecule has 0 radical (unpaired) electrons. The van der Waals surface area contributed by atoms with Gasteiger partial charge in [0.25, 0.3) is 5.91 Å². The summed E-state index contributed by atoms with van der Waals surface area (Å²) in [5, 5.41) is 3.36. The molecule has 0 saturated heterocycles.